The van der Waals surface area contributed by atoms with Crippen molar-refractivity contribution in [3.8, 4) is 0 Å². The smallest absolute Gasteiger partial charge is 0.275 e. The third-order valence-electron chi connectivity index (χ3n) is 2.82. The Morgan fingerprint density at radius 2 is 2.10 bits per heavy atom. The van der Waals surface area contributed by atoms with E-state index in [1.165, 1.54) is 0 Å². The number of amides is 1. The van der Waals surface area contributed by atoms with Gasteiger partial charge in [-0.2, -0.15) is 0 Å². The maximum atomic E-state index is 12.1. The summed E-state index contributed by atoms with van der Waals surface area (Å²) in [7, 11) is 0. The van der Waals surface area contributed by atoms with Gasteiger partial charge in [0.15, 0.2) is 0 Å². The van der Waals surface area contributed by atoms with Gasteiger partial charge >= 0.3 is 0 Å². The van der Waals surface area contributed by atoms with Gasteiger partial charge in [-0.15, -0.1) is 0 Å². The molecule has 2 rings (SSSR count). The van der Waals surface area contributed by atoms with Crippen molar-refractivity contribution in [1.82, 2.24) is 9.97 Å². The van der Waals surface area contributed by atoms with Crippen LogP contribution < -0.4 is 10.6 Å². The monoisotopic (exact) mass is 270 g/mol. The van der Waals surface area contributed by atoms with Gasteiger partial charge in [-0.25, -0.2) is 9.97 Å². The fourth-order valence-corrected chi connectivity index (χ4v) is 1.69. The first-order valence-electron chi connectivity index (χ1n) is 6.63. The summed E-state index contributed by atoms with van der Waals surface area (Å²) in [5.74, 6) is 0.307. The van der Waals surface area contributed by atoms with Crippen LogP contribution in [0, 0.1) is 6.92 Å². The minimum atomic E-state index is -0.256. The molecule has 0 aliphatic carbocycles. The van der Waals surface area contributed by atoms with E-state index in [-0.39, 0.29) is 5.91 Å². The first-order valence-corrected chi connectivity index (χ1v) is 6.63. The highest BCUT2D eigenvalue weighted by atomic mass is 16.1. The molecule has 20 heavy (non-hydrogen) atoms. The van der Waals surface area contributed by atoms with Gasteiger partial charge in [0.05, 0.1) is 11.9 Å². The molecule has 0 spiro atoms. The second-order valence-corrected chi connectivity index (χ2v) is 4.48. The molecule has 0 atom stereocenters. The zero-order chi connectivity index (χ0) is 14.4. The van der Waals surface area contributed by atoms with Crippen molar-refractivity contribution in [2.45, 2.75) is 20.3 Å². The fraction of sp³-hybridized carbons (Fsp3) is 0.267. The number of nitrogens with zero attached hydrogens (tertiary/aromatic N) is 2. The summed E-state index contributed by atoms with van der Waals surface area (Å²) in [5, 5.41) is 5.97. The normalized spacial score (nSPS) is 10.1. The number of nitrogens with one attached hydrogen (secondary N) is 2. The van der Waals surface area contributed by atoms with Crippen molar-refractivity contribution in [3.63, 3.8) is 0 Å². The van der Waals surface area contributed by atoms with Crippen molar-refractivity contribution in [1.29, 1.82) is 0 Å². The van der Waals surface area contributed by atoms with Crippen LogP contribution in [0.15, 0.2) is 36.7 Å². The first-order chi connectivity index (χ1) is 9.70. The van der Waals surface area contributed by atoms with E-state index in [0.29, 0.717) is 11.5 Å². The van der Waals surface area contributed by atoms with Gasteiger partial charge in [-0.1, -0.05) is 13.0 Å². The fourth-order valence-electron chi connectivity index (χ4n) is 1.69. The number of aromatic nitrogens is 2. The molecule has 0 saturated carbocycles. The van der Waals surface area contributed by atoms with Crippen LogP contribution >= 0.6 is 0 Å². The molecular formula is C15H18N4O. The summed E-state index contributed by atoms with van der Waals surface area (Å²) in [6.45, 7) is 4.88. The van der Waals surface area contributed by atoms with Gasteiger partial charge in [0.25, 0.3) is 5.91 Å². The van der Waals surface area contributed by atoms with Crippen LogP contribution in [0.25, 0.3) is 0 Å². The van der Waals surface area contributed by atoms with E-state index < -0.39 is 0 Å². The van der Waals surface area contributed by atoms with Crippen LogP contribution in [-0.2, 0) is 0 Å². The van der Waals surface area contributed by atoms with Gasteiger partial charge in [-0.3, -0.25) is 4.79 Å². The topological polar surface area (TPSA) is 66.9 Å². The molecule has 0 fully saturated rings. The second kappa shape index (κ2) is 6.65. The molecule has 0 radical (unpaired) electrons. The third-order valence-corrected chi connectivity index (χ3v) is 2.82. The maximum absolute atomic E-state index is 12.1. The zero-order valence-electron chi connectivity index (χ0n) is 11.7. The van der Waals surface area contributed by atoms with Crippen LogP contribution in [0.2, 0.25) is 0 Å². The van der Waals surface area contributed by atoms with Crippen LogP contribution in [-0.4, -0.2) is 22.4 Å². The van der Waals surface area contributed by atoms with E-state index in [9.17, 15) is 4.79 Å². The highest BCUT2D eigenvalue weighted by molar-refractivity contribution is 6.02. The molecule has 104 valence electrons. The van der Waals surface area contributed by atoms with E-state index in [4.69, 9.17) is 0 Å². The molecule has 1 amide bonds. The lowest BCUT2D eigenvalue weighted by Gasteiger charge is -2.07. The lowest BCUT2D eigenvalue weighted by atomic mass is 10.2. The minimum Gasteiger partial charge on any atom is -0.384 e. The van der Waals surface area contributed by atoms with Crippen molar-refractivity contribution < 1.29 is 4.79 Å². The summed E-state index contributed by atoms with van der Waals surface area (Å²) in [6, 6.07) is 7.28. The number of aryl methyl sites for hydroxylation is 1. The Morgan fingerprint density at radius 3 is 2.75 bits per heavy atom. The van der Waals surface area contributed by atoms with Crippen molar-refractivity contribution in [2.75, 3.05) is 17.2 Å². The van der Waals surface area contributed by atoms with Gasteiger partial charge in [0.2, 0.25) is 0 Å². The van der Waals surface area contributed by atoms with Gasteiger partial charge in [0.1, 0.15) is 11.5 Å². The number of carbonyl (C=O) groups is 1. The molecule has 0 aliphatic rings. The second-order valence-electron chi connectivity index (χ2n) is 4.48. The predicted octanol–water partition coefficient (Wildman–Crippen LogP) is 2.86. The molecule has 0 saturated heterocycles. The standard InChI is InChI=1S/C15H18N4O/c1-3-8-16-12-6-7-13(18-10-12)15(20)19-14-11(2)5-4-9-17-14/h4-7,9-10,16H,3,8H2,1-2H3,(H,17,19,20). The Morgan fingerprint density at radius 1 is 1.25 bits per heavy atom. The minimum absolute atomic E-state index is 0.256. The summed E-state index contributed by atoms with van der Waals surface area (Å²) in [6.07, 6.45) is 4.35. The van der Waals surface area contributed by atoms with E-state index in [1.807, 2.05) is 25.1 Å². The molecule has 0 bridgehead atoms. The molecule has 5 nitrogen and oxygen atoms in total. The summed E-state index contributed by atoms with van der Waals surface area (Å²) >= 11 is 0. The number of hydrogen-bond donors (Lipinski definition) is 2. The Kier molecular flexibility index (Phi) is 4.65. The van der Waals surface area contributed by atoms with Gasteiger partial charge in [-0.05, 0) is 37.1 Å². The van der Waals surface area contributed by atoms with Crippen molar-refractivity contribution >= 4 is 17.4 Å². The SMILES string of the molecule is CCCNc1ccc(C(=O)Nc2ncccc2C)nc1. The van der Waals surface area contributed by atoms with Gasteiger partial charge in [0, 0.05) is 12.7 Å². The quantitative estimate of drug-likeness (QED) is 0.876. The Balaban J connectivity index is 2.04. The van der Waals surface area contributed by atoms with Crippen molar-refractivity contribution in [3.05, 3.63) is 47.9 Å². The Labute approximate surface area is 118 Å². The summed E-state index contributed by atoms with van der Waals surface area (Å²) in [5.41, 5.74) is 2.21. The van der Waals surface area contributed by atoms with E-state index in [1.54, 1.807) is 18.5 Å². The Hall–Kier alpha value is -2.43. The number of rotatable bonds is 5. The number of carbonyl (C=O) groups excluding carboxylic acids is 1. The molecule has 5 heteroatoms. The average Bonchev–Trinajstić information content (AvgIpc) is 2.48. The first kappa shape index (κ1) is 14.0. The molecule has 2 aromatic heterocycles. The number of pyridine rings is 2. The third kappa shape index (κ3) is 3.54. The summed E-state index contributed by atoms with van der Waals surface area (Å²) in [4.78, 5) is 20.3. The molecular weight excluding hydrogens is 252 g/mol. The molecule has 0 aromatic carbocycles. The maximum Gasteiger partial charge on any atom is 0.275 e. The van der Waals surface area contributed by atoms with E-state index >= 15 is 0 Å². The largest absolute Gasteiger partial charge is 0.384 e. The number of anilines is 2. The molecule has 0 aliphatic heterocycles. The van der Waals surface area contributed by atoms with Crippen LogP contribution in [0.1, 0.15) is 29.4 Å². The molecule has 0 unspecified atom stereocenters. The lowest BCUT2D eigenvalue weighted by Crippen LogP contribution is -2.15. The highest BCUT2D eigenvalue weighted by Gasteiger charge is 2.09. The zero-order valence-corrected chi connectivity index (χ0v) is 11.7. The summed E-state index contributed by atoms with van der Waals surface area (Å²) < 4.78 is 0. The van der Waals surface area contributed by atoms with Crippen molar-refractivity contribution in [2.24, 2.45) is 0 Å². The van der Waals surface area contributed by atoms with E-state index in [0.717, 1.165) is 24.2 Å². The molecule has 2 aromatic rings. The molecule has 2 N–H and O–H groups in total. The Bertz CT molecular complexity index is 581. The van der Waals surface area contributed by atoms with Gasteiger partial charge < -0.3 is 10.6 Å². The van der Waals surface area contributed by atoms with Crippen LogP contribution in [0.5, 0.6) is 0 Å². The van der Waals surface area contributed by atoms with E-state index in [2.05, 4.69) is 27.5 Å². The van der Waals surface area contributed by atoms with Crippen LogP contribution in [0.3, 0.4) is 0 Å². The lowest BCUT2D eigenvalue weighted by molar-refractivity contribution is 0.102. The average molecular weight is 270 g/mol. The highest BCUT2D eigenvalue weighted by Crippen LogP contribution is 2.12. The number of hydrogen-bond acceptors (Lipinski definition) is 4. The molecule has 2 heterocycles. The predicted molar refractivity (Wildman–Crippen MR) is 79.9 cm³/mol. The van der Waals surface area contributed by atoms with Crippen LogP contribution in [0.4, 0.5) is 11.5 Å².